The molecule has 1 aromatic heterocycles. The average Bonchev–Trinajstić information content (AvgIpc) is 2.47. The van der Waals surface area contributed by atoms with Crippen LogP contribution in [0.4, 0.5) is 5.82 Å². The van der Waals surface area contributed by atoms with Crippen molar-refractivity contribution in [3.8, 4) is 0 Å². The summed E-state index contributed by atoms with van der Waals surface area (Å²) in [4.78, 5) is 10.00. The van der Waals surface area contributed by atoms with Gasteiger partial charge in [0.05, 0.1) is 0 Å². The van der Waals surface area contributed by atoms with Crippen molar-refractivity contribution in [2.45, 2.75) is 51.7 Å². The van der Waals surface area contributed by atoms with Crippen molar-refractivity contribution in [1.82, 2.24) is 15.2 Å². The molecule has 0 amide bonds. The summed E-state index contributed by atoms with van der Waals surface area (Å²) >= 11 is 0. The first kappa shape index (κ1) is 14.8. The number of nitrogens with one attached hydrogen (secondary N) is 1. The van der Waals surface area contributed by atoms with Gasteiger partial charge in [0.2, 0.25) is 0 Å². The number of anilines is 1. The second kappa shape index (κ2) is 6.32. The second-order valence-electron chi connectivity index (χ2n) is 6.66. The van der Waals surface area contributed by atoms with Gasteiger partial charge in [0.25, 0.3) is 0 Å². The summed E-state index contributed by atoms with van der Waals surface area (Å²) < 4.78 is 0. The first-order chi connectivity index (χ1) is 10.2. The molecule has 4 heteroatoms. The van der Waals surface area contributed by atoms with Gasteiger partial charge in [0, 0.05) is 37.9 Å². The van der Waals surface area contributed by atoms with Crippen molar-refractivity contribution in [3.05, 3.63) is 23.4 Å². The van der Waals surface area contributed by atoms with E-state index in [2.05, 4.69) is 35.0 Å². The summed E-state index contributed by atoms with van der Waals surface area (Å²) in [5.41, 5.74) is 2.57. The molecule has 2 unspecified atom stereocenters. The van der Waals surface area contributed by atoms with Crippen LogP contribution in [0.3, 0.4) is 0 Å². The largest absolute Gasteiger partial charge is 0.351 e. The molecule has 3 heterocycles. The van der Waals surface area contributed by atoms with E-state index in [0.29, 0.717) is 6.04 Å². The maximum absolute atomic E-state index is 4.78. The van der Waals surface area contributed by atoms with Gasteiger partial charge in [0.15, 0.2) is 0 Å². The lowest BCUT2D eigenvalue weighted by atomic mass is 9.97. The first-order valence-electron chi connectivity index (χ1n) is 8.30. The monoisotopic (exact) mass is 288 g/mol. The van der Waals surface area contributed by atoms with Crippen molar-refractivity contribution in [2.24, 2.45) is 0 Å². The molecule has 2 atom stereocenters. The van der Waals surface area contributed by atoms with Gasteiger partial charge in [-0.05, 0) is 57.5 Å². The molecule has 21 heavy (non-hydrogen) atoms. The Bertz CT molecular complexity index is 488. The third kappa shape index (κ3) is 3.06. The molecular weight excluding hydrogens is 260 g/mol. The third-order valence-electron chi connectivity index (χ3n) is 4.95. The fourth-order valence-corrected chi connectivity index (χ4v) is 3.87. The Balaban J connectivity index is 1.79. The molecular formula is C17H28N4. The van der Waals surface area contributed by atoms with E-state index in [-0.39, 0.29) is 0 Å². The fraction of sp³-hybridized carbons (Fsp3) is 0.706. The number of piperazine rings is 1. The van der Waals surface area contributed by atoms with Crippen molar-refractivity contribution >= 4 is 5.82 Å². The molecule has 2 aliphatic rings. The molecule has 3 rings (SSSR count). The molecule has 0 aliphatic carbocycles. The highest BCUT2D eigenvalue weighted by Crippen LogP contribution is 2.28. The lowest BCUT2D eigenvalue weighted by molar-refractivity contribution is 0.115. The molecule has 1 aromatic rings. The first-order valence-corrected chi connectivity index (χ1v) is 8.30. The van der Waals surface area contributed by atoms with Gasteiger partial charge in [-0.3, -0.25) is 4.90 Å². The summed E-state index contributed by atoms with van der Waals surface area (Å²) in [5, 5.41) is 3.20. The molecule has 2 fully saturated rings. The minimum absolute atomic E-state index is 0.556. The quantitative estimate of drug-likeness (QED) is 0.924. The molecule has 0 bridgehead atoms. The number of nitrogens with zero attached hydrogens (tertiary/aromatic N) is 3. The van der Waals surface area contributed by atoms with E-state index in [1.807, 2.05) is 13.2 Å². The number of pyridine rings is 1. The topological polar surface area (TPSA) is 31.4 Å². The summed E-state index contributed by atoms with van der Waals surface area (Å²) in [5.74, 6) is 1.19. The highest BCUT2D eigenvalue weighted by molar-refractivity contribution is 5.49. The minimum Gasteiger partial charge on any atom is -0.351 e. The molecule has 4 nitrogen and oxygen atoms in total. The van der Waals surface area contributed by atoms with Gasteiger partial charge in [-0.1, -0.05) is 6.42 Å². The van der Waals surface area contributed by atoms with Gasteiger partial charge in [0.1, 0.15) is 5.82 Å². The van der Waals surface area contributed by atoms with Crippen molar-refractivity contribution in [2.75, 3.05) is 31.6 Å². The van der Waals surface area contributed by atoms with Gasteiger partial charge in [-0.15, -0.1) is 0 Å². The third-order valence-corrected chi connectivity index (χ3v) is 4.95. The number of fused-ring (bicyclic) bond motifs is 1. The van der Waals surface area contributed by atoms with E-state index in [9.17, 15) is 0 Å². The summed E-state index contributed by atoms with van der Waals surface area (Å²) in [6.45, 7) is 9.04. The van der Waals surface area contributed by atoms with E-state index >= 15 is 0 Å². The Morgan fingerprint density at radius 1 is 1.33 bits per heavy atom. The van der Waals surface area contributed by atoms with E-state index in [1.165, 1.54) is 49.3 Å². The molecule has 0 aromatic carbocycles. The summed E-state index contributed by atoms with van der Waals surface area (Å²) in [6.07, 6.45) is 6.13. The maximum Gasteiger partial charge on any atom is 0.131 e. The molecule has 0 spiro atoms. The van der Waals surface area contributed by atoms with Crippen LogP contribution in [0.1, 0.15) is 37.3 Å². The minimum atomic E-state index is 0.556. The second-order valence-corrected chi connectivity index (χ2v) is 6.66. The molecule has 116 valence electrons. The SMILES string of the molecule is CNCc1cnc(N2CC3CCCCN3CC2C)c(C)c1. The number of aromatic nitrogens is 1. The van der Waals surface area contributed by atoms with Crippen LogP contribution < -0.4 is 10.2 Å². The van der Waals surface area contributed by atoms with Crippen molar-refractivity contribution in [3.63, 3.8) is 0 Å². The van der Waals surface area contributed by atoms with Crippen LogP contribution >= 0.6 is 0 Å². The van der Waals surface area contributed by atoms with Crippen LogP contribution in [0.2, 0.25) is 0 Å². The predicted octanol–water partition coefficient (Wildman–Crippen LogP) is 2.17. The van der Waals surface area contributed by atoms with Crippen LogP contribution in [0, 0.1) is 6.92 Å². The molecule has 0 radical (unpaired) electrons. The number of hydrogen-bond acceptors (Lipinski definition) is 4. The zero-order valence-electron chi connectivity index (χ0n) is 13.6. The van der Waals surface area contributed by atoms with Crippen LogP contribution in [0.15, 0.2) is 12.3 Å². The van der Waals surface area contributed by atoms with Gasteiger partial charge < -0.3 is 10.2 Å². The Labute approximate surface area is 128 Å². The van der Waals surface area contributed by atoms with Crippen molar-refractivity contribution in [1.29, 1.82) is 0 Å². The van der Waals surface area contributed by atoms with E-state index in [1.54, 1.807) is 0 Å². The predicted molar refractivity (Wildman–Crippen MR) is 87.8 cm³/mol. The number of hydrogen-bond donors (Lipinski definition) is 1. The molecule has 2 aliphatic heterocycles. The van der Waals surface area contributed by atoms with E-state index < -0.39 is 0 Å². The smallest absolute Gasteiger partial charge is 0.131 e. The Morgan fingerprint density at radius 3 is 2.95 bits per heavy atom. The maximum atomic E-state index is 4.78. The Morgan fingerprint density at radius 2 is 2.19 bits per heavy atom. The highest BCUT2D eigenvalue weighted by atomic mass is 15.3. The molecule has 2 saturated heterocycles. The molecule has 0 saturated carbocycles. The fourth-order valence-electron chi connectivity index (χ4n) is 3.87. The molecule has 1 N–H and O–H groups in total. The van der Waals surface area contributed by atoms with Crippen LogP contribution in [0.5, 0.6) is 0 Å². The number of rotatable bonds is 3. The summed E-state index contributed by atoms with van der Waals surface area (Å²) in [6, 6.07) is 3.56. The van der Waals surface area contributed by atoms with E-state index in [0.717, 1.165) is 19.1 Å². The van der Waals surface area contributed by atoms with Gasteiger partial charge >= 0.3 is 0 Å². The summed E-state index contributed by atoms with van der Waals surface area (Å²) in [7, 11) is 1.98. The van der Waals surface area contributed by atoms with Gasteiger partial charge in [-0.25, -0.2) is 4.98 Å². The van der Waals surface area contributed by atoms with Crippen LogP contribution in [0.25, 0.3) is 0 Å². The van der Waals surface area contributed by atoms with E-state index in [4.69, 9.17) is 4.98 Å². The average molecular weight is 288 g/mol. The van der Waals surface area contributed by atoms with Crippen LogP contribution in [-0.2, 0) is 6.54 Å². The lowest BCUT2D eigenvalue weighted by Gasteiger charge is -2.48. The number of aryl methyl sites for hydroxylation is 1. The normalized spacial score (nSPS) is 26.7. The van der Waals surface area contributed by atoms with Crippen LogP contribution in [-0.4, -0.2) is 48.6 Å². The van der Waals surface area contributed by atoms with Gasteiger partial charge in [-0.2, -0.15) is 0 Å². The zero-order chi connectivity index (χ0) is 14.8. The zero-order valence-corrected chi connectivity index (χ0v) is 13.6. The Kier molecular flexibility index (Phi) is 4.45. The number of piperidine rings is 1. The van der Waals surface area contributed by atoms with Crippen molar-refractivity contribution < 1.29 is 0 Å². The Hall–Kier alpha value is -1.13. The lowest BCUT2D eigenvalue weighted by Crippen LogP contribution is -2.59. The highest BCUT2D eigenvalue weighted by Gasteiger charge is 2.33. The standard InChI is InChI=1S/C17H28N4/c1-13-8-15(9-18-3)10-19-17(13)21-12-16-6-4-5-7-20(16)11-14(21)2/h8,10,14,16,18H,4-7,9,11-12H2,1-3H3.